The minimum atomic E-state index is -1.04. The smallest absolute Gasteiger partial charge is 0.342 e. The third-order valence-electron chi connectivity index (χ3n) is 28.8. The van der Waals surface area contributed by atoms with E-state index in [4.69, 9.17) is 74.8 Å². The van der Waals surface area contributed by atoms with Crippen LogP contribution in [0.1, 0.15) is 422 Å². The predicted octanol–water partition coefficient (Wildman–Crippen LogP) is 26.7. The van der Waals surface area contributed by atoms with Gasteiger partial charge in [-0.3, -0.25) is 33.6 Å². The highest BCUT2D eigenvalue weighted by Gasteiger charge is 2.53. The van der Waals surface area contributed by atoms with Gasteiger partial charge in [0.2, 0.25) is 17.1 Å². The van der Waals surface area contributed by atoms with E-state index in [1.807, 2.05) is 75.4 Å². The molecule has 3 heterocycles. The lowest BCUT2D eigenvalue weighted by Crippen LogP contribution is -2.51. The number of hydrogen-bond acceptors (Lipinski definition) is 20. The van der Waals surface area contributed by atoms with Gasteiger partial charge >= 0.3 is 35.8 Å². The maximum absolute atomic E-state index is 14.2. The molecule has 3 aliphatic rings. The Morgan fingerprint density at radius 3 is 1.04 bits per heavy atom. The number of esters is 3. The molecule has 0 spiro atoms. The van der Waals surface area contributed by atoms with Crippen molar-refractivity contribution in [1.29, 1.82) is 0 Å². The molecule has 792 valence electrons. The van der Waals surface area contributed by atoms with Crippen LogP contribution >= 0.6 is 59.2 Å². The van der Waals surface area contributed by atoms with Gasteiger partial charge in [-0.25, -0.2) is 19.2 Å². The number of thiol groups is 1. The number of hydrogen-bond donors (Lipinski definition) is 11. The van der Waals surface area contributed by atoms with E-state index in [1.165, 1.54) is 18.7 Å². The van der Waals surface area contributed by atoms with Crippen LogP contribution in [0.25, 0.3) is 0 Å². The number of nitrogens with one attached hydrogen (secondary N) is 5. The molecule has 3 aromatic rings. The van der Waals surface area contributed by atoms with Crippen molar-refractivity contribution in [1.82, 2.24) is 15.0 Å². The maximum Gasteiger partial charge on any atom is 0.342 e. The van der Waals surface area contributed by atoms with Gasteiger partial charge in [0, 0.05) is 87.7 Å². The zero-order valence-electron chi connectivity index (χ0n) is 90.1. The summed E-state index contributed by atoms with van der Waals surface area (Å²) < 4.78 is 28.4. The van der Waals surface area contributed by atoms with Crippen molar-refractivity contribution < 1.29 is 96.9 Å². The first-order valence-corrected chi connectivity index (χ1v) is 53.0. The molecule has 3 aliphatic carbocycles. The molecule has 0 radical (unpaired) electrons. The Hall–Kier alpha value is -6.72. The van der Waals surface area contributed by atoms with Crippen LogP contribution in [-0.2, 0) is 62.0 Å². The lowest BCUT2D eigenvalue weighted by Gasteiger charge is -2.50. The SMILES string of the molecule is C=C(C)C(=O)O.CC(C)c1c[nH]c(N)c1C(=O)OC1C(C(C)(C)C)CC(O)CC1C(C)(C)C.CCC(CC)(CCCCl)C(=O)Cl.CCC(CC)(CCCCl)C(=O)Nc1[nH]cc(C(C)C)c1C(=O)OC1C(C(C)(C)C)CC(C)CC1C(C)(C)C.CCC(CC)(CCCSC(CC(=O)O)OC=O)C(=O)Nc1[nH]cc(C(C)C)c1C(=O)OC1C(C(C)(C)C)CC(C)CC1C(C)(C)C.O=COC(S)CC(=O)O. The van der Waals surface area contributed by atoms with E-state index < -0.39 is 45.6 Å². The fourth-order valence-corrected chi connectivity index (χ4v) is 21.3. The Morgan fingerprint density at radius 1 is 0.486 bits per heavy atom. The fraction of sp³-hybridized carbons (Fsp3) is 0.766. The molecule has 2 amide bonds. The first kappa shape index (κ1) is 129. The third-order valence-corrected chi connectivity index (χ3v) is 31.2. The van der Waals surface area contributed by atoms with Crippen molar-refractivity contribution in [2.75, 3.05) is 33.9 Å². The summed E-state index contributed by atoms with van der Waals surface area (Å²) in [7, 11) is 0. The lowest BCUT2D eigenvalue weighted by atomic mass is 9.59. The molecule has 6 rings (SSSR count). The molecule has 0 aromatic carbocycles. The molecule has 8 unspecified atom stereocenters. The molecule has 11 N–H and O–H groups in total. The van der Waals surface area contributed by atoms with Crippen molar-refractivity contribution >= 4 is 142 Å². The van der Waals surface area contributed by atoms with Gasteiger partial charge in [0.15, 0.2) is 10.9 Å². The van der Waals surface area contributed by atoms with Gasteiger partial charge in [0.1, 0.15) is 52.5 Å². The number of aliphatic hydroxyl groups is 1. The standard InChI is InChI=1S/C36H60N2O7S.C32H55ClN2O3.C22H38N2O3.C9H16Cl2O.C4H6O4S.C4H6O2/c1-12-36(13-2,15-14-16-46-28(44-21-39)19-27(40)41)33(43)38-31-29(24(20-37-31)22(3)4)32(42)45-30-25(34(6,7)8)17-23(5)18-26(30)35(9,10)11;1-12-32(13-2,15-14-16-33)29(37)35-27-25(22(19-34-27)20(3)4)28(36)38-26-23(30(6,7)8)17-21(5)18-24(26)31(9,10)11;1-12(2)14-11-24-19(23)17(14)20(26)27-18-15(21(3,4)5)9-13(25)10-16(18)22(6,7)8;1-3-9(4-2,8(11)12)6-5-7-10;5-2-8-4(9)1-3(6)7;1-3(2)4(5)6/h20-23,25-26,28,30,37H,12-19H2,1-11H3,(H,38,43)(H,40,41);19-21,23-24,26,34H,12-18H2,1-11H3,(H,35,37);11-13,15-16,18,24-25H,9-10,23H2,1-8H3;3-7H2,1-2H3;2,4,9H,1H2,(H,6,7);1H2,2H3,(H,5,6). The number of aliphatic carboxylic acids is 3. The Bertz CT molecular complexity index is 4230. The molecule has 3 saturated carbocycles. The van der Waals surface area contributed by atoms with Crippen LogP contribution in [0.15, 0.2) is 30.7 Å². The summed E-state index contributed by atoms with van der Waals surface area (Å²) in [6.45, 7) is 73.8. The summed E-state index contributed by atoms with van der Waals surface area (Å²) in [5.74, 6) is 0.933. The van der Waals surface area contributed by atoms with Gasteiger partial charge in [0.25, 0.3) is 12.9 Å². The Morgan fingerprint density at radius 2 is 0.768 bits per heavy atom. The van der Waals surface area contributed by atoms with E-state index >= 15 is 0 Å². The third kappa shape index (κ3) is 39.4. The van der Waals surface area contributed by atoms with Gasteiger partial charge in [-0.1, -0.05) is 228 Å². The number of halogens is 3. The summed E-state index contributed by atoms with van der Waals surface area (Å²) in [6, 6.07) is 0. The quantitative estimate of drug-likeness (QED) is 0.00290. The van der Waals surface area contributed by atoms with E-state index in [0.29, 0.717) is 121 Å². The molecule has 0 saturated heterocycles. The fourth-order valence-electron chi connectivity index (χ4n) is 19.5. The molecule has 3 aromatic heterocycles. The van der Waals surface area contributed by atoms with Gasteiger partial charge in [-0.2, -0.15) is 0 Å². The topological polar surface area (TPSA) is 412 Å². The summed E-state index contributed by atoms with van der Waals surface area (Å²) in [5.41, 5.74) is 6.68. The van der Waals surface area contributed by atoms with Crippen LogP contribution in [-0.4, -0.2) is 154 Å². The molecule has 0 bridgehead atoms. The minimum absolute atomic E-state index is 0.00344. The molecule has 0 aliphatic heterocycles. The molecule has 138 heavy (non-hydrogen) atoms. The Balaban J connectivity index is 0.000000925. The lowest BCUT2D eigenvalue weighted by molar-refractivity contribution is -0.142. The van der Waals surface area contributed by atoms with Crippen LogP contribution in [0.3, 0.4) is 0 Å². The van der Waals surface area contributed by atoms with E-state index in [2.05, 4.69) is 202 Å². The van der Waals surface area contributed by atoms with Crippen LogP contribution < -0.4 is 16.4 Å². The second-order valence-electron chi connectivity index (χ2n) is 46.0. The zero-order valence-corrected chi connectivity index (χ0v) is 94.0. The largest absolute Gasteiger partial charge is 0.481 e. The summed E-state index contributed by atoms with van der Waals surface area (Å²) in [4.78, 5) is 140. The average molecular weight is 2040 g/mol. The number of anilines is 3. The van der Waals surface area contributed by atoms with Crippen molar-refractivity contribution in [3.8, 4) is 0 Å². The summed E-state index contributed by atoms with van der Waals surface area (Å²) >= 11 is 22.0. The predicted molar refractivity (Wildman–Crippen MR) is 563 cm³/mol. The van der Waals surface area contributed by atoms with Gasteiger partial charge in [-0.15, -0.1) is 47.6 Å². The van der Waals surface area contributed by atoms with Crippen molar-refractivity contribution in [2.24, 2.45) is 96.1 Å². The number of thioether (sulfide) groups is 1. The van der Waals surface area contributed by atoms with Gasteiger partial charge in [0.05, 0.1) is 18.9 Å². The maximum atomic E-state index is 14.2. The number of carboxylic acid groups (broad SMARTS) is 3. The number of aromatic amines is 3. The highest BCUT2D eigenvalue weighted by molar-refractivity contribution is 7.99. The average Bonchev–Trinajstić information content (AvgIpc) is 1.38. The van der Waals surface area contributed by atoms with Crippen molar-refractivity contribution in [3.05, 3.63) is 64.1 Å². The second kappa shape index (κ2) is 57.7. The van der Waals surface area contributed by atoms with Crippen LogP contribution in [0, 0.1) is 96.1 Å². The number of H-pyrrole nitrogens is 3. The van der Waals surface area contributed by atoms with Crippen LogP contribution in [0.4, 0.5) is 17.5 Å². The van der Waals surface area contributed by atoms with Gasteiger partial charge < -0.3 is 75.4 Å². The monoisotopic (exact) mass is 2040 g/mol. The van der Waals surface area contributed by atoms with E-state index in [9.17, 15) is 57.8 Å². The number of carboxylic acids is 3. The molecule has 8 atom stereocenters. The highest BCUT2D eigenvalue weighted by Crippen LogP contribution is 2.54. The number of amides is 2. The number of aromatic nitrogens is 3. The number of carbonyl (C=O) groups is 11. The van der Waals surface area contributed by atoms with Crippen LogP contribution in [0.5, 0.6) is 0 Å². The number of ether oxygens (including phenoxy) is 5. The molecule has 31 heteroatoms. The Kier molecular flexibility index (Phi) is 54.0. The number of aliphatic hydroxyl groups excluding tert-OH is 1. The number of nitrogens with two attached hydrogens (primary N) is 1. The molecular formula is C107H181Cl3N6O20S2. The summed E-state index contributed by atoms with van der Waals surface area (Å²) in [6.07, 6.45) is 17.7. The highest BCUT2D eigenvalue weighted by atomic mass is 35.5. The van der Waals surface area contributed by atoms with Gasteiger partial charge in [-0.05, 0) is 219 Å². The van der Waals surface area contributed by atoms with E-state index in [1.54, 1.807) is 12.4 Å². The number of alkyl halides is 2. The molecule has 3 fully saturated rings. The van der Waals surface area contributed by atoms with Crippen molar-refractivity contribution in [3.63, 3.8) is 0 Å². The number of rotatable bonds is 40. The first-order chi connectivity index (χ1) is 63.5. The Labute approximate surface area is 852 Å². The van der Waals surface area contributed by atoms with E-state index in [0.717, 1.165) is 74.5 Å². The second-order valence-corrected chi connectivity index (χ2v) is 49.0. The summed E-state index contributed by atoms with van der Waals surface area (Å²) in [5, 5.41) is 41.5. The number of nitrogen functional groups attached to an aromatic ring is 1. The van der Waals surface area contributed by atoms with Crippen molar-refractivity contribution in [2.45, 2.75) is 410 Å². The first-order valence-electron chi connectivity index (χ1n) is 49.9. The number of carbonyl (C=O) groups excluding carboxylic acids is 8. The minimum Gasteiger partial charge on any atom is -0.481 e. The molecule has 26 nitrogen and oxygen atoms in total. The normalized spacial score (nSPS) is 20.9. The molecular weight excluding hydrogens is 1860 g/mol. The van der Waals surface area contributed by atoms with Crippen LogP contribution in [0.2, 0.25) is 0 Å². The van der Waals surface area contributed by atoms with E-state index in [-0.39, 0.29) is 176 Å². The zero-order chi connectivity index (χ0) is 107.